The molecule has 20 heavy (non-hydrogen) atoms. The van der Waals surface area contributed by atoms with Gasteiger partial charge >= 0.3 is 6.18 Å². The first-order valence-electron chi connectivity index (χ1n) is 6.77. The van der Waals surface area contributed by atoms with Crippen LogP contribution in [0.2, 0.25) is 0 Å². The number of alkyl halides is 3. The average Bonchev–Trinajstić information content (AvgIpc) is 2.38. The number of hydrogen-bond acceptors (Lipinski definition) is 2. The number of hydrogen-bond donors (Lipinski definition) is 1. The van der Waals surface area contributed by atoms with E-state index in [1.54, 1.807) is 0 Å². The third-order valence-electron chi connectivity index (χ3n) is 3.53. The predicted molar refractivity (Wildman–Crippen MR) is 70.3 cm³/mol. The van der Waals surface area contributed by atoms with Crippen LogP contribution >= 0.6 is 0 Å². The van der Waals surface area contributed by atoms with E-state index in [0.29, 0.717) is 18.8 Å². The number of nitrogens with zero attached hydrogens (tertiary/aromatic N) is 1. The predicted octanol–water partition coefficient (Wildman–Crippen LogP) is 3.42. The van der Waals surface area contributed by atoms with Gasteiger partial charge in [-0.2, -0.15) is 13.2 Å². The first-order valence-corrected chi connectivity index (χ1v) is 6.77. The van der Waals surface area contributed by atoms with Crippen molar-refractivity contribution in [3.63, 3.8) is 0 Å². The molecule has 0 saturated carbocycles. The summed E-state index contributed by atoms with van der Waals surface area (Å²) in [5.41, 5.74) is -0.762. The highest BCUT2D eigenvalue weighted by molar-refractivity contribution is 5.50. The number of halogens is 4. The molecule has 1 aromatic carbocycles. The molecule has 0 amide bonds. The van der Waals surface area contributed by atoms with Crippen molar-refractivity contribution in [2.24, 2.45) is 0 Å². The van der Waals surface area contributed by atoms with Gasteiger partial charge < -0.3 is 10.2 Å². The van der Waals surface area contributed by atoms with Gasteiger partial charge in [-0.05, 0) is 37.6 Å². The number of piperidine rings is 1. The number of nitrogens with one attached hydrogen (secondary N) is 1. The van der Waals surface area contributed by atoms with Crippen LogP contribution in [0.3, 0.4) is 0 Å². The van der Waals surface area contributed by atoms with Crippen molar-refractivity contribution >= 4 is 5.69 Å². The Balaban J connectivity index is 2.20. The zero-order chi connectivity index (χ0) is 14.8. The van der Waals surface area contributed by atoms with Crippen molar-refractivity contribution in [1.29, 1.82) is 0 Å². The molecule has 1 unspecified atom stereocenters. The zero-order valence-corrected chi connectivity index (χ0v) is 11.3. The first kappa shape index (κ1) is 15.1. The van der Waals surface area contributed by atoms with E-state index in [2.05, 4.69) is 5.32 Å². The molecule has 1 atom stereocenters. The Bertz CT molecular complexity index is 457. The molecule has 1 saturated heterocycles. The molecule has 1 fully saturated rings. The molecule has 0 radical (unpaired) electrons. The van der Waals surface area contributed by atoms with E-state index in [1.165, 1.54) is 6.07 Å². The molecule has 2 rings (SSSR count). The molecule has 1 heterocycles. The Morgan fingerprint density at radius 3 is 2.75 bits per heavy atom. The van der Waals surface area contributed by atoms with E-state index in [1.807, 2.05) is 11.8 Å². The van der Waals surface area contributed by atoms with E-state index in [0.717, 1.165) is 31.5 Å². The lowest BCUT2D eigenvalue weighted by atomic mass is 10.0. The summed E-state index contributed by atoms with van der Waals surface area (Å²) in [6.07, 6.45) is -2.73. The molecule has 1 aliphatic rings. The van der Waals surface area contributed by atoms with Crippen LogP contribution in [0.15, 0.2) is 18.2 Å². The summed E-state index contributed by atoms with van der Waals surface area (Å²) in [5, 5.41) is 3.30. The maximum atomic E-state index is 13.3. The quantitative estimate of drug-likeness (QED) is 0.858. The van der Waals surface area contributed by atoms with Crippen molar-refractivity contribution in [2.45, 2.75) is 32.0 Å². The lowest BCUT2D eigenvalue weighted by Gasteiger charge is -2.35. The van der Waals surface area contributed by atoms with Crippen LogP contribution in [-0.4, -0.2) is 25.7 Å². The van der Waals surface area contributed by atoms with Gasteiger partial charge in [-0.1, -0.05) is 6.92 Å². The van der Waals surface area contributed by atoms with E-state index < -0.39 is 17.6 Å². The van der Waals surface area contributed by atoms with E-state index >= 15 is 0 Å². The molecular formula is C14H18F4N2. The summed E-state index contributed by atoms with van der Waals surface area (Å²) < 4.78 is 51.4. The molecule has 0 spiro atoms. The molecule has 2 nitrogen and oxygen atoms in total. The van der Waals surface area contributed by atoms with E-state index in [4.69, 9.17) is 0 Å². The number of anilines is 1. The molecular weight excluding hydrogens is 272 g/mol. The maximum Gasteiger partial charge on any atom is 0.419 e. The zero-order valence-electron chi connectivity index (χ0n) is 11.3. The fraction of sp³-hybridized carbons (Fsp3) is 0.571. The van der Waals surface area contributed by atoms with Crippen LogP contribution in [0.25, 0.3) is 0 Å². The Hall–Kier alpha value is -1.30. The molecule has 6 heteroatoms. The summed E-state index contributed by atoms with van der Waals surface area (Å²) in [6.45, 7) is 4.18. The molecule has 1 aliphatic heterocycles. The highest BCUT2D eigenvalue weighted by Gasteiger charge is 2.34. The standard InChI is InChI=1S/C14H18F4N2/c1-2-19-10-4-3-7-20(9-10)11-5-6-13(15)12(8-11)14(16,17)18/h5-6,8,10,19H,2-4,7,9H2,1H3. The van der Waals surface area contributed by atoms with Crippen LogP contribution in [-0.2, 0) is 6.18 Å². The number of rotatable bonds is 3. The van der Waals surface area contributed by atoms with Crippen molar-refractivity contribution in [2.75, 3.05) is 24.5 Å². The molecule has 1 aromatic rings. The van der Waals surface area contributed by atoms with Gasteiger partial charge in [-0.15, -0.1) is 0 Å². The minimum atomic E-state index is -4.66. The molecule has 0 aromatic heterocycles. The van der Waals surface area contributed by atoms with Crippen LogP contribution in [0.1, 0.15) is 25.3 Å². The monoisotopic (exact) mass is 290 g/mol. The van der Waals surface area contributed by atoms with Crippen LogP contribution in [0.5, 0.6) is 0 Å². The lowest BCUT2D eigenvalue weighted by Crippen LogP contribution is -2.45. The van der Waals surface area contributed by atoms with E-state index in [-0.39, 0.29) is 6.04 Å². The van der Waals surface area contributed by atoms with Crippen LogP contribution < -0.4 is 10.2 Å². The second kappa shape index (κ2) is 5.99. The van der Waals surface area contributed by atoms with Gasteiger partial charge in [0.25, 0.3) is 0 Å². The summed E-state index contributed by atoms with van der Waals surface area (Å²) >= 11 is 0. The van der Waals surface area contributed by atoms with Crippen LogP contribution in [0.4, 0.5) is 23.2 Å². The minimum absolute atomic E-state index is 0.271. The molecule has 0 aliphatic carbocycles. The van der Waals surface area contributed by atoms with Crippen LogP contribution in [0, 0.1) is 5.82 Å². The smallest absolute Gasteiger partial charge is 0.370 e. The normalized spacial score (nSPS) is 20.2. The van der Waals surface area contributed by atoms with Gasteiger partial charge in [-0.3, -0.25) is 0 Å². The third kappa shape index (κ3) is 3.42. The van der Waals surface area contributed by atoms with Gasteiger partial charge in [0, 0.05) is 24.8 Å². The number of likely N-dealkylation sites (N-methyl/N-ethyl adjacent to an activating group) is 1. The van der Waals surface area contributed by atoms with Gasteiger partial charge in [0.2, 0.25) is 0 Å². The second-order valence-corrected chi connectivity index (χ2v) is 5.00. The SMILES string of the molecule is CCNC1CCCN(c2ccc(F)c(C(F)(F)F)c2)C1. The Labute approximate surface area is 115 Å². The van der Waals surface area contributed by atoms with Gasteiger partial charge in [0.1, 0.15) is 5.82 Å². The third-order valence-corrected chi connectivity index (χ3v) is 3.53. The largest absolute Gasteiger partial charge is 0.419 e. The number of benzene rings is 1. The Morgan fingerprint density at radius 1 is 1.35 bits per heavy atom. The summed E-state index contributed by atoms with van der Waals surface area (Å²) in [6, 6.07) is 3.49. The second-order valence-electron chi connectivity index (χ2n) is 5.00. The highest BCUT2D eigenvalue weighted by atomic mass is 19.4. The lowest BCUT2D eigenvalue weighted by molar-refractivity contribution is -0.139. The van der Waals surface area contributed by atoms with Gasteiger partial charge in [0.15, 0.2) is 0 Å². The highest BCUT2D eigenvalue weighted by Crippen LogP contribution is 2.34. The fourth-order valence-electron chi connectivity index (χ4n) is 2.59. The minimum Gasteiger partial charge on any atom is -0.370 e. The van der Waals surface area contributed by atoms with E-state index in [9.17, 15) is 17.6 Å². The topological polar surface area (TPSA) is 15.3 Å². The maximum absolute atomic E-state index is 13.3. The average molecular weight is 290 g/mol. The van der Waals surface area contributed by atoms with Crippen molar-refractivity contribution in [3.05, 3.63) is 29.6 Å². The van der Waals surface area contributed by atoms with Gasteiger partial charge in [-0.25, -0.2) is 4.39 Å². The Morgan fingerprint density at radius 2 is 2.10 bits per heavy atom. The first-order chi connectivity index (χ1) is 9.41. The molecule has 0 bridgehead atoms. The molecule has 112 valence electrons. The Kier molecular flexibility index (Phi) is 4.52. The van der Waals surface area contributed by atoms with Crippen molar-refractivity contribution in [1.82, 2.24) is 5.32 Å². The fourth-order valence-corrected chi connectivity index (χ4v) is 2.59. The summed E-state index contributed by atoms with van der Waals surface area (Å²) in [7, 11) is 0. The summed E-state index contributed by atoms with van der Waals surface area (Å²) in [5.74, 6) is -1.22. The summed E-state index contributed by atoms with van der Waals surface area (Å²) in [4.78, 5) is 1.88. The van der Waals surface area contributed by atoms with Crippen molar-refractivity contribution < 1.29 is 17.6 Å². The molecule has 1 N–H and O–H groups in total. The van der Waals surface area contributed by atoms with Crippen molar-refractivity contribution in [3.8, 4) is 0 Å². The van der Waals surface area contributed by atoms with Gasteiger partial charge in [0.05, 0.1) is 5.56 Å².